The number of benzene rings is 5. The fourth-order valence-electron chi connectivity index (χ4n) is 7.09. The molecule has 2 aliphatic heterocycles. The predicted molar refractivity (Wildman–Crippen MR) is 220 cm³/mol. The van der Waals surface area contributed by atoms with E-state index < -0.39 is 49.7 Å². The van der Waals surface area contributed by atoms with Gasteiger partial charge in [-0.25, -0.2) is 0 Å². The summed E-state index contributed by atoms with van der Waals surface area (Å²) >= 11 is 0. The summed E-state index contributed by atoms with van der Waals surface area (Å²) in [4.78, 5) is 8.64. The molecule has 0 bridgehead atoms. The van der Waals surface area contributed by atoms with E-state index in [9.17, 15) is 0 Å². The molecule has 1 radical (unpaired) electrons. The van der Waals surface area contributed by atoms with Crippen LogP contribution in [0.3, 0.4) is 0 Å². The quantitative estimate of drug-likeness (QED) is 0.128. The first kappa shape index (κ1) is 24.8. The maximum atomic E-state index is 7.60. The predicted octanol–water partition coefficient (Wildman–Crippen LogP) is 10.3. The van der Waals surface area contributed by atoms with Crippen LogP contribution in [0, 0.1) is 39.5 Å². The maximum Gasteiger partial charge on any atom is 0.260 e. The minimum absolute atomic E-state index is 0. The van der Waals surface area contributed by atoms with E-state index in [0.29, 0.717) is 11.3 Å². The van der Waals surface area contributed by atoms with Gasteiger partial charge >= 0.3 is 0 Å². The van der Waals surface area contributed by atoms with Crippen molar-refractivity contribution < 1.29 is 50.4 Å². The molecule has 0 aliphatic carbocycles. The van der Waals surface area contributed by atoms with Crippen LogP contribution in [-0.4, -0.2) is 16.7 Å². The van der Waals surface area contributed by atoms with Crippen LogP contribution < -0.4 is 25.9 Å². The van der Waals surface area contributed by atoms with Crippen molar-refractivity contribution >= 4 is 45.0 Å². The summed E-state index contributed by atoms with van der Waals surface area (Å²) in [5, 5.41) is 1.94. The molecule has 0 unspecified atom stereocenters. The Hall–Kier alpha value is -5.49. The second-order valence-electron chi connectivity index (χ2n) is 14.4. The molecule has 5 heterocycles. The van der Waals surface area contributed by atoms with Crippen LogP contribution in [0.25, 0.3) is 44.5 Å². The molecule has 0 saturated heterocycles. The van der Waals surface area contributed by atoms with Gasteiger partial charge in [0.25, 0.3) is 6.71 Å². The smallest absolute Gasteiger partial charge is 0.260 e. The van der Waals surface area contributed by atoms with Gasteiger partial charge in [-0.15, -0.1) is 53.1 Å². The number of para-hydroxylation sites is 2. The van der Waals surface area contributed by atoms with Crippen LogP contribution in [-0.2, 0) is 25.5 Å². The summed E-state index contributed by atoms with van der Waals surface area (Å²) in [7, 11) is 0. The van der Waals surface area contributed by atoms with Crippen molar-refractivity contribution in [1.82, 2.24) is 9.97 Å². The van der Waals surface area contributed by atoms with Gasteiger partial charge in [-0.05, 0) is 76.8 Å². The molecule has 55 heavy (non-hydrogen) atoms. The zero-order chi connectivity index (χ0) is 47.3. The number of fused-ring (bicyclic) bond motifs is 8. The monoisotopic (exact) mass is 907 g/mol. The number of hydrogen-bond acceptors (Lipinski definition) is 5. The van der Waals surface area contributed by atoms with Gasteiger partial charge in [0.15, 0.2) is 11.3 Å². The van der Waals surface area contributed by atoms with E-state index in [1.807, 2.05) is 42.6 Å². The molecule has 0 fully saturated rings. The molecule has 0 amide bonds. The molecule has 3 aromatic heterocycles. The maximum absolute atomic E-state index is 7.60. The first-order valence-electron chi connectivity index (χ1n) is 23.4. The van der Waals surface area contributed by atoms with Crippen molar-refractivity contribution in [3.05, 3.63) is 149 Å². The van der Waals surface area contributed by atoms with E-state index in [4.69, 9.17) is 35.3 Å². The summed E-state index contributed by atoms with van der Waals surface area (Å²) in [5.74, 6) is 3.23. The van der Waals surface area contributed by atoms with Gasteiger partial charge in [-0.3, -0.25) is 0 Å². The number of pyridine rings is 2. The SMILES string of the molecule is CC(C)(C)c1ccnc(-c2[c-]ccc3c2oc2c4c5c(cc23)Oc2ccccc2B5c2ccccc2O4)c1.[2H]C([2H])([2H])c1c[c-]c(-c2cc(C([2H])([2H])[2H])c(C([2H])([2H])[2H])cn2)cc1C([2H])([2H])[2H].[Ir]. The molecule has 0 saturated carbocycles. The van der Waals surface area contributed by atoms with E-state index in [1.54, 1.807) is 0 Å². The Balaban J connectivity index is 0.000000189. The molecule has 5 aromatic carbocycles. The van der Waals surface area contributed by atoms with Gasteiger partial charge in [0.1, 0.15) is 17.2 Å². The van der Waals surface area contributed by atoms with Crippen molar-refractivity contribution in [3.63, 3.8) is 0 Å². The summed E-state index contributed by atoms with van der Waals surface area (Å²) < 4.78 is 110. The summed E-state index contributed by atoms with van der Waals surface area (Å²) in [6, 6.07) is 35.9. The average molecular weight is 907 g/mol. The van der Waals surface area contributed by atoms with E-state index in [-0.39, 0.29) is 43.5 Å². The molecule has 7 heteroatoms. The van der Waals surface area contributed by atoms with Gasteiger partial charge < -0.3 is 23.9 Å². The van der Waals surface area contributed by atoms with Gasteiger partial charge in [-0.1, -0.05) is 99.5 Å². The fourth-order valence-corrected chi connectivity index (χ4v) is 7.09. The Bertz CT molecular complexity index is 3140. The zero-order valence-electron chi connectivity index (χ0n) is 41.9. The number of aromatic nitrogens is 2. The molecule has 2 aliphatic rings. The number of nitrogens with zero attached hydrogens (tertiary/aromatic N) is 2. The van der Waals surface area contributed by atoms with E-state index in [0.717, 1.165) is 85.6 Å². The molecule has 0 atom stereocenters. The zero-order valence-corrected chi connectivity index (χ0v) is 32.3. The Morgan fingerprint density at radius 3 is 2.15 bits per heavy atom. The molecular weight excluding hydrogens is 856 g/mol. The molecule has 0 N–H and O–H groups in total. The third kappa shape index (κ3) is 6.36. The standard InChI is InChI=1S/C33H23BNO3.C15H16N.Ir/c1-33(2,3)19-15-16-35-25(17-19)21-10-8-9-20-22-18-28-29-32(31(22)38-30(20)21)37-27-14-7-5-12-24(27)34(29)23-11-4-6-13-26(23)36-28;1-10-5-6-14(7-11(10)2)15-8-12(3)13(4)9-16-15;/h4-9,11-18H,1-3H3;5,7-9H,1-4H3;/q2*-1;/i;1D3,2D3,3D3,4D3;. The van der Waals surface area contributed by atoms with Crippen LogP contribution >= 0.6 is 0 Å². The third-order valence-electron chi connectivity index (χ3n) is 9.87. The minimum Gasteiger partial charge on any atom is -0.497 e. The van der Waals surface area contributed by atoms with Crippen molar-refractivity contribution in [2.24, 2.45) is 0 Å². The van der Waals surface area contributed by atoms with Crippen molar-refractivity contribution in [2.75, 3.05) is 0 Å². The molecule has 0 spiro atoms. The van der Waals surface area contributed by atoms with E-state index in [2.05, 4.69) is 80.4 Å². The molecule has 10 rings (SSSR count). The minimum atomic E-state index is -2.74. The van der Waals surface area contributed by atoms with Gasteiger partial charge in [0, 0.05) is 59.8 Å². The Labute approximate surface area is 353 Å². The van der Waals surface area contributed by atoms with Crippen LogP contribution in [0.2, 0.25) is 0 Å². The Morgan fingerprint density at radius 1 is 0.673 bits per heavy atom. The second kappa shape index (κ2) is 14.0. The molecule has 5 nitrogen and oxygen atoms in total. The summed E-state index contributed by atoms with van der Waals surface area (Å²) in [5.41, 5.74) is 5.93. The van der Waals surface area contributed by atoms with Crippen molar-refractivity contribution in [2.45, 2.75) is 53.6 Å². The van der Waals surface area contributed by atoms with Crippen molar-refractivity contribution in [3.8, 4) is 45.5 Å². The molecule has 8 aromatic rings. The normalized spacial score (nSPS) is 16.5. The second-order valence-corrected chi connectivity index (χ2v) is 14.4. The van der Waals surface area contributed by atoms with Crippen molar-refractivity contribution in [1.29, 1.82) is 0 Å². The van der Waals surface area contributed by atoms with E-state index >= 15 is 0 Å². The third-order valence-corrected chi connectivity index (χ3v) is 9.87. The number of aryl methyl sites for hydroxylation is 4. The average Bonchev–Trinajstić information content (AvgIpc) is 3.63. The molecule has 273 valence electrons. The topological polar surface area (TPSA) is 57.4 Å². The van der Waals surface area contributed by atoms with Crippen LogP contribution in [0.1, 0.15) is 65.0 Å². The summed E-state index contributed by atoms with van der Waals surface area (Å²) in [6.45, 7) is -4.24. The van der Waals surface area contributed by atoms with Gasteiger partial charge in [-0.2, -0.15) is 0 Å². The van der Waals surface area contributed by atoms with Crippen LogP contribution in [0.5, 0.6) is 23.0 Å². The molecular formula is C48H39BIrN2O3-2. The summed E-state index contributed by atoms with van der Waals surface area (Å²) in [6.07, 6.45) is 2.77. The van der Waals surface area contributed by atoms with Crippen LogP contribution in [0.15, 0.2) is 114 Å². The number of hydrogen-bond donors (Lipinski definition) is 0. The fraction of sp³-hybridized carbons (Fsp3) is 0.167. The van der Waals surface area contributed by atoms with Gasteiger partial charge in [0.2, 0.25) is 0 Å². The van der Waals surface area contributed by atoms with E-state index in [1.165, 1.54) is 5.56 Å². The number of rotatable bonds is 2. The first-order valence-corrected chi connectivity index (χ1v) is 17.4. The first-order chi connectivity index (χ1) is 30.9. The Kier molecular flexibility index (Phi) is 6.31. The largest absolute Gasteiger partial charge is 0.497 e. The number of ether oxygens (including phenoxy) is 2. The van der Waals surface area contributed by atoms with Crippen LogP contribution in [0.4, 0.5) is 0 Å². The number of furan rings is 1. The van der Waals surface area contributed by atoms with Gasteiger partial charge in [0.05, 0.1) is 5.58 Å². The Morgan fingerprint density at radius 2 is 1.40 bits per heavy atom.